The summed E-state index contributed by atoms with van der Waals surface area (Å²) in [7, 11) is 0. The number of carbonyl (C=O) groups is 2. The van der Waals surface area contributed by atoms with Gasteiger partial charge in [-0.3, -0.25) is 24.2 Å². The van der Waals surface area contributed by atoms with Crippen LogP contribution in [0.3, 0.4) is 0 Å². The fraction of sp³-hybridized carbons (Fsp3) is 0.467. The van der Waals surface area contributed by atoms with Crippen LogP contribution < -0.4 is 10.8 Å². The van der Waals surface area contributed by atoms with Crippen LogP contribution in [0.4, 0.5) is 0 Å². The molecule has 1 unspecified atom stereocenters. The Morgan fingerprint density at radius 2 is 2.00 bits per heavy atom. The van der Waals surface area contributed by atoms with Crippen LogP contribution in [0.1, 0.15) is 25.3 Å². The predicted molar refractivity (Wildman–Crippen MR) is 90.3 cm³/mol. The molecule has 0 saturated heterocycles. The third-order valence-electron chi connectivity index (χ3n) is 3.19. The minimum Gasteiger partial charge on any atom is -0.356 e. The third-order valence-corrected chi connectivity index (χ3v) is 3.86. The van der Waals surface area contributed by atoms with Crippen molar-refractivity contribution in [2.24, 2.45) is 0 Å². The van der Waals surface area contributed by atoms with E-state index < -0.39 is 23.2 Å². The molecule has 1 aromatic carbocycles. The smallest absolute Gasteiger partial charge is 0.264 e. The fourth-order valence-corrected chi connectivity index (χ4v) is 2.61. The molecule has 0 aromatic heterocycles. The van der Waals surface area contributed by atoms with Crippen molar-refractivity contribution in [1.82, 2.24) is 15.3 Å². The molecule has 0 heterocycles. The second kappa shape index (κ2) is 11.7. The molecule has 1 aromatic rings. The van der Waals surface area contributed by atoms with Gasteiger partial charge >= 0.3 is 0 Å². The molecule has 2 atom stereocenters. The summed E-state index contributed by atoms with van der Waals surface area (Å²) in [5.74, 6) is -1.16. The monoisotopic (exact) mass is 373 g/mol. The molecule has 140 valence electrons. The Balaban J connectivity index is 2.58. The van der Waals surface area contributed by atoms with Crippen molar-refractivity contribution >= 4 is 23.1 Å². The highest BCUT2D eigenvalue weighted by molar-refractivity contribution is 7.76. The predicted octanol–water partition coefficient (Wildman–Crippen LogP) is 0.390. The van der Waals surface area contributed by atoms with Gasteiger partial charge in [-0.2, -0.15) is 0 Å². The Morgan fingerprint density at radius 3 is 2.56 bits per heavy atom. The van der Waals surface area contributed by atoms with E-state index in [0.717, 1.165) is 5.56 Å². The minimum absolute atomic E-state index is 0.0249. The number of nitrogens with one attached hydrogen (secondary N) is 2. The molecule has 0 aliphatic heterocycles. The van der Waals surface area contributed by atoms with E-state index in [1.165, 1.54) is 5.48 Å². The van der Waals surface area contributed by atoms with Crippen LogP contribution in [0.2, 0.25) is 0 Å². The lowest BCUT2D eigenvalue weighted by molar-refractivity contribution is -0.155. The molecule has 0 spiro atoms. The molecule has 0 radical (unpaired) electrons. The number of hydrogen-bond donors (Lipinski definition) is 4. The average molecular weight is 373 g/mol. The summed E-state index contributed by atoms with van der Waals surface area (Å²) in [5, 5.41) is 11.4. The summed E-state index contributed by atoms with van der Waals surface area (Å²) in [4.78, 5) is 28.7. The first-order valence-electron chi connectivity index (χ1n) is 7.77. The van der Waals surface area contributed by atoms with Gasteiger partial charge in [-0.05, 0) is 18.4 Å². The van der Waals surface area contributed by atoms with Crippen LogP contribution in [-0.2, 0) is 32.1 Å². The van der Waals surface area contributed by atoms with Gasteiger partial charge in [-0.15, -0.1) is 0 Å². The largest absolute Gasteiger partial charge is 0.356 e. The number of hydrogen-bond acceptors (Lipinski definition) is 5. The van der Waals surface area contributed by atoms with E-state index >= 15 is 0 Å². The lowest BCUT2D eigenvalue weighted by Gasteiger charge is -2.25. The molecular weight excluding hydrogens is 350 g/mol. The number of amides is 2. The normalized spacial score (nSPS) is 13.3. The van der Waals surface area contributed by atoms with Crippen LogP contribution in [0.25, 0.3) is 0 Å². The number of nitrogens with zero attached hydrogens (tertiary/aromatic N) is 1. The highest BCUT2D eigenvalue weighted by Gasteiger charge is 2.30. The summed E-state index contributed by atoms with van der Waals surface area (Å²) >= 11 is -2.58. The Kier molecular flexibility index (Phi) is 9.88. The molecule has 2 amide bonds. The van der Waals surface area contributed by atoms with Crippen molar-refractivity contribution in [3.8, 4) is 0 Å². The zero-order valence-electron chi connectivity index (χ0n) is 13.9. The first-order valence-corrected chi connectivity index (χ1v) is 8.83. The molecule has 10 heteroatoms. The Labute approximate surface area is 148 Å². The molecule has 4 N–H and O–H groups in total. The van der Waals surface area contributed by atoms with Gasteiger partial charge < -0.3 is 5.32 Å². The SMILES string of the molecule is CCCON([C@H](CCNC(=O)Cc1ccccc1)C(=O)NO)S(=O)O. The fourth-order valence-electron chi connectivity index (χ4n) is 2.02. The summed E-state index contributed by atoms with van der Waals surface area (Å²) in [6.07, 6.45) is 0.720. The zero-order valence-corrected chi connectivity index (χ0v) is 14.7. The van der Waals surface area contributed by atoms with Gasteiger partial charge in [0.2, 0.25) is 5.91 Å². The summed E-state index contributed by atoms with van der Waals surface area (Å²) in [6, 6.07) is 7.89. The van der Waals surface area contributed by atoms with E-state index in [1.54, 1.807) is 6.92 Å². The molecule has 0 aliphatic rings. The Morgan fingerprint density at radius 1 is 1.32 bits per heavy atom. The van der Waals surface area contributed by atoms with Gasteiger partial charge in [0.25, 0.3) is 17.2 Å². The Bertz CT molecular complexity index is 572. The van der Waals surface area contributed by atoms with Gasteiger partial charge in [-0.1, -0.05) is 41.7 Å². The van der Waals surface area contributed by atoms with Gasteiger partial charge in [0, 0.05) is 6.54 Å². The molecule has 1 rings (SSSR count). The molecular formula is C15H23N3O6S. The molecule has 0 fully saturated rings. The number of hydroxylamine groups is 2. The summed E-state index contributed by atoms with van der Waals surface area (Å²) < 4.78 is 21.2. The number of carbonyl (C=O) groups excluding carboxylic acids is 2. The zero-order chi connectivity index (χ0) is 18.7. The Hall–Kier alpha value is -1.85. The van der Waals surface area contributed by atoms with Crippen molar-refractivity contribution in [1.29, 1.82) is 0 Å². The second-order valence-electron chi connectivity index (χ2n) is 5.14. The highest BCUT2D eigenvalue weighted by Crippen LogP contribution is 2.09. The van der Waals surface area contributed by atoms with Gasteiger partial charge in [0.15, 0.2) is 0 Å². The number of benzene rings is 1. The van der Waals surface area contributed by atoms with Gasteiger partial charge in [-0.25, -0.2) is 9.69 Å². The van der Waals surface area contributed by atoms with E-state index in [-0.39, 0.29) is 31.9 Å². The van der Waals surface area contributed by atoms with Crippen molar-refractivity contribution in [2.45, 2.75) is 32.2 Å². The van der Waals surface area contributed by atoms with Crippen LogP contribution in [0, 0.1) is 0 Å². The summed E-state index contributed by atoms with van der Waals surface area (Å²) in [5.41, 5.74) is 2.28. The van der Waals surface area contributed by atoms with E-state index in [2.05, 4.69) is 5.32 Å². The van der Waals surface area contributed by atoms with Crippen LogP contribution >= 0.6 is 0 Å². The standard InChI is InChI=1S/C15H23N3O6S/c1-2-10-24-18(25(22)23)13(15(20)17-21)8-9-16-14(19)11-12-6-4-3-5-7-12/h3-7,13,21H,2,8-11H2,1H3,(H,16,19)(H,17,20)(H,22,23)/t13-/m1/s1. The molecule has 0 aliphatic carbocycles. The van der Waals surface area contributed by atoms with E-state index in [9.17, 15) is 18.4 Å². The highest BCUT2D eigenvalue weighted by atomic mass is 32.2. The second-order valence-corrected chi connectivity index (χ2v) is 5.96. The van der Waals surface area contributed by atoms with Crippen LogP contribution in [0.5, 0.6) is 0 Å². The van der Waals surface area contributed by atoms with Crippen molar-refractivity contribution in [3.05, 3.63) is 35.9 Å². The van der Waals surface area contributed by atoms with Crippen LogP contribution in [-0.4, -0.2) is 49.4 Å². The van der Waals surface area contributed by atoms with Crippen LogP contribution in [0.15, 0.2) is 30.3 Å². The quantitative estimate of drug-likeness (QED) is 0.252. The van der Waals surface area contributed by atoms with Gasteiger partial charge in [0.1, 0.15) is 6.04 Å². The van der Waals surface area contributed by atoms with E-state index in [1.807, 2.05) is 30.3 Å². The summed E-state index contributed by atoms with van der Waals surface area (Å²) in [6.45, 7) is 1.98. The average Bonchev–Trinajstić information content (AvgIpc) is 2.60. The molecule has 0 bridgehead atoms. The third kappa shape index (κ3) is 7.71. The molecule has 25 heavy (non-hydrogen) atoms. The lowest BCUT2D eigenvalue weighted by atomic mass is 10.1. The lowest BCUT2D eigenvalue weighted by Crippen LogP contribution is -2.48. The maximum atomic E-state index is 11.9. The molecule has 0 saturated carbocycles. The first kappa shape index (κ1) is 21.2. The topological polar surface area (TPSA) is 128 Å². The minimum atomic E-state index is -2.58. The van der Waals surface area contributed by atoms with Gasteiger partial charge in [0.05, 0.1) is 13.0 Å². The molecule has 9 nitrogen and oxygen atoms in total. The van der Waals surface area contributed by atoms with Crippen molar-refractivity contribution in [3.63, 3.8) is 0 Å². The first-order chi connectivity index (χ1) is 12.0. The van der Waals surface area contributed by atoms with E-state index in [0.29, 0.717) is 10.9 Å². The maximum Gasteiger partial charge on any atom is 0.264 e. The van der Waals surface area contributed by atoms with Crippen molar-refractivity contribution in [2.75, 3.05) is 13.2 Å². The van der Waals surface area contributed by atoms with Crippen molar-refractivity contribution < 1.29 is 28.4 Å². The maximum absolute atomic E-state index is 11.9. The number of rotatable bonds is 11. The van der Waals surface area contributed by atoms with E-state index in [4.69, 9.17) is 10.0 Å².